The SMILES string of the molecule is CCCCCC1CCC(C2C=CC(C=CC3C=CC(CCC)CC3)CC2)CC1. The molecular weight excluding hydrogens is 336 g/mol. The van der Waals surface area contributed by atoms with Crippen molar-refractivity contribution in [2.24, 2.45) is 35.5 Å². The number of hydrogen-bond acceptors (Lipinski definition) is 0. The second kappa shape index (κ2) is 12.0. The predicted octanol–water partition coefficient (Wildman–Crippen LogP) is 8.89. The molecule has 0 nitrogen and oxygen atoms in total. The molecule has 0 saturated heterocycles. The number of unbranched alkanes of at least 4 members (excludes halogenated alkanes) is 2. The largest absolute Gasteiger partial charge is 0.0848 e. The highest BCUT2D eigenvalue weighted by Crippen LogP contribution is 2.40. The highest BCUT2D eigenvalue weighted by molar-refractivity contribution is 5.12. The minimum absolute atomic E-state index is 0.696. The Labute approximate surface area is 176 Å². The summed E-state index contributed by atoms with van der Waals surface area (Å²) in [5, 5.41) is 0. The maximum atomic E-state index is 2.61. The maximum absolute atomic E-state index is 2.61. The Hall–Kier alpha value is -0.780. The molecule has 0 spiro atoms. The molecule has 3 aliphatic rings. The summed E-state index contributed by atoms with van der Waals surface area (Å²) in [6.45, 7) is 4.63. The first-order valence-corrected chi connectivity index (χ1v) is 12.8. The van der Waals surface area contributed by atoms with Gasteiger partial charge in [-0.25, -0.2) is 0 Å². The maximum Gasteiger partial charge on any atom is -0.00530 e. The molecule has 158 valence electrons. The molecule has 0 heterocycles. The Morgan fingerprint density at radius 1 is 0.643 bits per heavy atom. The van der Waals surface area contributed by atoms with Gasteiger partial charge in [-0.2, -0.15) is 0 Å². The molecule has 0 aromatic carbocycles. The Balaban J connectivity index is 1.37. The Morgan fingerprint density at radius 2 is 1.36 bits per heavy atom. The third-order valence-corrected chi connectivity index (χ3v) is 7.92. The molecule has 3 aliphatic carbocycles. The van der Waals surface area contributed by atoms with Gasteiger partial charge >= 0.3 is 0 Å². The first-order valence-electron chi connectivity index (χ1n) is 12.8. The molecule has 1 fully saturated rings. The molecule has 28 heavy (non-hydrogen) atoms. The van der Waals surface area contributed by atoms with Crippen LogP contribution >= 0.6 is 0 Å². The number of hydrogen-bond donors (Lipinski definition) is 0. The molecule has 0 aromatic rings. The van der Waals surface area contributed by atoms with E-state index in [-0.39, 0.29) is 0 Å². The lowest BCUT2D eigenvalue weighted by molar-refractivity contribution is 0.206. The van der Waals surface area contributed by atoms with Gasteiger partial charge in [0.05, 0.1) is 0 Å². The molecule has 0 amide bonds. The minimum Gasteiger partial charge on any atom is -0.0848 e. The highest BCUT2D eigenvalue weighted by atomic mass is 14.3. The first kappa shape index (κ1) is 21.9. The molecular formula is C28H46. The van der Waals surface area contributed by atoms with E-state index in [1.165, 1.54) is 89.9 Å². The first-order chi connectivity index (χ1) is 13.8. The Morgan fingerprint density at radius 3 is 1.93 bits per heavy atom. The van der Waals surface area contributed by atoms with Gasteiger partial charge in [0, 0.05) is 0 Å². The van der Waals surface area contributed by atoms with Crippen LogP contribution in [0.4, 0.5) is 0 Å². The Kier molecular flexibility index (Phi) is 9.42. The summed E-state index contributed by atoms with van der Waals surface area (Å²) in [6, 6.07) is 0. The van der Waals surface area contributed by atoms with Crippen LogP contribution in [0.2, 0.25) is 0 Å². The summed E-state index contributed by atoms with van der Waals surface area (Å²) in [5.41, 5.74) is 0. The van der Waals surface area contributed by atoms with Crippen molar-refractivity contribution < 1.29 is 0 Å². The van der Waals surface area contributed by atoms with Gasteiger partial charge in [0.2, 0.25) is 0 Å². The van der Waals surface area contributed by atoms with Crippen molar-refractivity contribution in [3.63, 3.8) is 0 Å². The summed E-state index contributed by atoms with van der Waals surface area (Å²) in [4.78, 5) is 0. The van der Waals surface area contributed by atoms with Crippen molar-refractivity contribution >= 4 is 0 Å². The van der Waals surface area contributed by atoms with E-state index in [1.54, 1.807) is 0 Å². The third-order valence-electron chi connectivity index (χ3n) is 7.92. The van der Waals surface area contributed by atoms with Crippen molar-refractivity contribution in [3.8, 4) is 0 Å². The van der Waals surface area contributed by atoms with Gasteiger partial charge in [0.15, 0.2) is 0 Å². The molecule has 0 radical (unpaired) electrons. The normalized spacial score (nSPS) is 36.2. The van der Waals surface area contributed by atoms with E-state index >= 15 is 0 Å². The summed E-state index contributed by atoms with van der Waals surface area (Å²) in [5.74, 6) is 5.16. The van der Waals surface area contributed by atoms with E-state index < -0.39 is 0 Å². The van der Waals surface area contributed by atoms with Crippen LogP contribution in [-0.4, -0.2) is 0 Å². The number of rotatable bonds is 9. The quantitative estimate of drug-likeness (QED) is 0.276. The second-order valence-corrected chi connectivity index (χ2v) is 10.1. The predicted molar refractivity (Wildman–Crippen MR) is 124 cm³/mol. The smallest absolute Gasteiger partial charge is 0.00530 e. The fourth-order valence-electron chi connectivity index (χ4n) is 5.96. The van der Waals surface area contributed by atoms with E-state index in [4.69, 9.17) is 0 Å². The second-order valence-electron chi connectivity index (χ2n) is 10.1. The number of allylic oxidation sites excluding steroid dienone is 6. The molecule has 0 N–H and O–H groups in total. The monoisotopic (exact) mass is 382 g/mol. The van der Waals surface area contributed by atoms with E-state index in [0.29, 0.717) is 11.8 Å². The lowest BCUT2D eigenvalue weighted by Crippen LogP contribution is -2.23. The van der Waals surface area contributed by atoms with Gasteiger partial charge in [0.25, 0.3) is 0 Å². The van der Waals surface area contributed by atoms with Crippen molar-refractivity contribution in [3.05, 3.63) is 36.5 Å². The van der Waals surface area contributed by atoms with Crippen molar-refractivity contribution in [1.29, 1.82) is 0 Å². The van der Waals surface area contributed by atoms with Crippen molar-refractivity contribution in [2.75, 3.05) is 0 Å². The van der Waals surface area contributed by atoms with E-state index in [1.807, 2.05) is 0 Å². The zero-order valence-corrected chi connectivity index (χ0v) is 18.8. The van der Waals surface area contributed by atoms with Gasteiger partial charge in [-0.1, -0.05) is 95.2 Å². The van der Waals surface area contributed by atoms with Crippen LogP contribution in [0.3, 0.4) is 0 Å². The molecule has 0 aromatic heterocycles. The molecule has 1 saturated carbocycles. The van der Waals surface area contributed by atoms with Gasteiger partial charge in [-0.3, -0.25) is 0 Å². The van der Waals surface area contributed by atoms with Crippen LogP contribution in [0.25, 0.3) is 0 Å². The van der Waals surface area contributed by atoms with Gasteiger partial charge in [-0.05, 0) is 80.5 Å². The lowest BCUT2D eigenvalue weighted by Gasteiger charge is -2.35. The van der Waals surface area contributed by atoms with Crippen molar-refractivity contribution in [2.45, 2.75) is 104 Å². The molecule has 3 rings (SSSR count). The summed E-state index contributed by atoms with van der Waals surface area (Å²) >= 11 is 0. The molecule has 4 unspecified atom stereocenters. The standard InChI is InChI=1S/C28H46/c1-3-5-6-8-24-15-19-27(20-16-24)28-21-17-26(18-22-28)14-13-25-11-9-23(7-4-2)10-12-25/h9,11,13-14,17,21,23-28H,3-8,10,12,15-16,18-20,22H2,1-2H3. The van der Waals surface area contributed by atoms with Crippen LogP contribution in [-0.2, 0) is 0 Å². The molecule has 4 atom stereocenters. The highest BCUT2D eigenvalue weighted by Gasteiger charge is 2.27. The van der Waals surface area contributed by atoms with Gasteiger partial charge < -0.3 is 0 Å². The fraction of sp³-hybridized carbons (Fsp3) is 0.786. The van der Waals surface area contributed by atoms with Gasteiger partial charge in [-0.15, -0.1) is 0 Å². The van der Waals surface area contributed by atoms with E-state index in [0.717, 1.165) is 23.7 Å². The molecule has 0 bridgehead atoms. The molecule has 0 aliphatic heterocycles. The fourth-order valence-corrected chi connectivity index (χ4v) is 5.96. The zero-order valence-electron chi connectivity index (χ0n) is 18.8. The average molecular weight is 383 g/mol. The minimum atomic E-state index is 0.696. The third kappa shape index (κ3) is 6.93. The average Bonchev–Trinajstić information content (AvgIpc) is 2.75. The van der Waals surface area contributed by atoms with Gasteiger partial charge in [0.1, 0.15) is 0 Å². The summed E-state index contributed by atoms with van der Waals surface area (Å²) in [6.07, 6.45) is 35.2. The van der Waals surface area contributed by atoms with E-state index in [9.17, 15) is 0 Å². The summed E-state index contributed by atoms with van der Waals surface area (Å²) in [7, 11) is 0. The zero-order chi connectivity index (χ0) is 19.6. The molecule has 0 heteroatoms. The van der Waals surface area contributed by atoms with Crippen LogP contribution in [0, 0.1) is 35.5 Å². The van der Waals surface area contributed by atoms with Crippen LogP contribution in [0.15, 0.2) is 36.5 Å². The van der Waals surface area contributed by atoms with Crippen LogP contribution in [0.5, 0.6) is 0 Å². The summed E-state index contributed by atoms with van der Waals surface area (Å²) < 4.78 is 0. The van der Waals surface area contributed by atoms with Crippen LogP contribution in [0.1, 0.15) is 104 Å². The topological polar surface area (TPSA) is 0 Å². The van der Waals surface area contributed by atoms with Crippen LogP contribution < -0.4 is 0 Å². The van der Waals surface area contributed by atoms with Crippen molar-refractivity contribution in [1.82, 2.24) is 0 Å². The van der Waals surface area contributed by atoms with E-state index in [2.05, 4.69) is 50.3 Å². The Bertz CT molecular complexity index is 502. The lowest BCUT2D eigenvalue weighted by atomic mass is 9.71.